The minimum atomic E-state index is -4.57. The monoisotopic (exact) mass is 265 g/mol. The Balaban J connectivity index is 2.29. The van der Waals surface area contributed by atoms with E-state index in [0.717, 1.165) is 25.7 Å². The summed E-state index contributed by atoms with van der Waals surface area (Å²) in [7, 11) is -4.57. The smallest absolute Gasteiger partial charge is 0.307 e. The average Bonchev–Trinajstić information content (AvgIpc) is 2.60. The largest absolute Gasteiger partial charge is 0.341 e. The van der Waals surface area contributed by atoms with E-state index < -0.39 is 15.5 Å². The first-order valence-electron chi connectivity index (χ1n) is 6.16. The van der Waals surface area contributed by atoms with Gasteiger partial charge in [-0.1, -0.05) is 32.6 Å². The molecular weight excluding hydrogens is 245 g/mol. The molecule has 1 unspecified atom stereocenters. The Hall–Kier alpha value is -0.650. The molecule has 0 bridgehead atoms. The molecule has 0 saturated carbocycles. The van der Waals surface area contributed by atoms with Gasteiger partial charge in [0.25, 0.3) is 0 Å². The van der Waals surface area contributed by atoms with Crippen molar-refractivity contribution in [1.29, 1.82) is 0 Å². The molecule has 0 aromatic rings. The van der Waals surface area contributed by atoms with Crippen molar-refractivity contribution in [2.24, 2.45) is 0 Å². The molecule has 0 N–H and O–H groups in total. The van der Waals surface area contributed by atoms with Gasteiger partial charge in [-0.2, -0.15) is 8.42 Å². The maximum Gasteiger partial charge on any atom is 0.307 e. The lowest BCUT2D eigenvalue weighted by molar-refractivity contribution is -0.127. The Labute approximate surface area is 102 Å². The van der Waals surface area contributed by atoms with Crippen LogP contribution in [0, 0.1) is 0 Å². The first-order chi connectivity index (χ1) is 7.95. The Morgan fingerprint density at radius 2 is 1.94 bits per heavy atom. The lowest BCUT2D eigenvalue weighted by Crippen LogP contribution is -2.28. The number of carbonyl (C=O) groups is 1. The number of rotatable bonds is 7. The molecule has 6 heteroatoms. The highest BCUT2D eigenvalue weighted by Crippen LogP contribution is 2.20. The van der Waals surface area contributed by atoms with Gasteiger partial charge in [0.1, 0.15) is 5.25 Å². The molecule has 1 fully saturated rings. The fourth-order valence-corrected chi connectivity index (χ4v) is 2.75. The van der Waals surface area contributed by atoms with Gasteiger partial charge in [-0.3, -0.25) is 4.79 Å². The number of hydrogen-bond acceptors (Lipinski definition) is 3. The average molecular weight is 265 g/mol. The van der Waals surface area contributed by atoms with Crippen LogP contribution in [-0.2, 0) is 15.0 Å². The van der Waals surface area contributed by atoms with E-state index in [4.69, 9.17) is 0 Å². The number of unbranched alkanes of at least 4 members (excludes halogenated alkanes) is 4. The van der Waals surface area contributed by atoms with Crippen LogP contribution >= 0.6 is 0 Å². The van der Waals surface area contributed by atoms with E-state index in [1.54, 1.807) is 0 Å². The van der Waals surface area contributed by atoms with Gasteiger partial charge in [-0.15, -0.1) is 3.89 Å². The predicted octanol–water partition coefficient (Wildman–Crippen LogP) is 1.86. The number of likely N-dealkylation sites (tertiary alicyclic amines) is 1. The zero-order valence-electron chi connectivity index (χ0n) is 10.2. The summed E-state index contributed by atoms with van der Waals surface area (Å²) in [6.45, 7) is 2.70. The van der Waals surface area contributed by atoms with Crippen molar-refractivity contribution in [2.75, 3.05) is 13.1 Å². The van der Waals surface area contributed by atoms with Gasteiger partial charge in [-0.05, 0) is 6.42 Å². The first-order valence-corrected chi connectivity index (χ1v) is 7.61. The van der Waals surface area contributed by atoms with E-state index >= 15 is 0 Å². The summed E-state index contributed by atoms with van der Waals surface area (Å²) >= 11 is 0. The topological polar surface area (TPSA) is 54.5 Å². The van der Waals surface area contributed by atoms with Crippen LogP contribution in [0.3, 0.4) is 0 Å². The van der Waals surface area contributed by atoms with Gasteiger partial charge in [0, 0.05) is 19.5 Å². The van der Waals surface area contributed by atoms with Crippen molar-refractivity contribution in [1.82, 2.24) is 4.90 Å². The molecule has 1 heterocycles. The summed E-state index contributed by atoms with van der Waals surface area (Å²) in [4.78, 5) is 12.9. The fraction of sp³-hybridized carbons (Fsp3) is 0.909. The molecule has 17 heavy (non-hydrogen) atoms. The minimum absolute atomic E-state index is 0.0193. The quantitative estimate of drug-likeness (QED) is 0.521. The second-order valence-electron chi connectivity index (χ2n) is 4.56. The van der Waals surface area contributed by atoms with Crippen LogP contribution in [0.2, 0.25) is 0 Å². The van der Waals surface area contributed by atoms with Crippen molar-refractivity contribution >= 4 is 16.1 Å². The highest BCUT2D eigenvalue weighted by Gasteiger charge is 2.37. The van der Waals surface area contributed by atoms with Crippen molar-refractivity contribution in [3.8, 4) is 0 Å². The van der Waals surface area contributed by atoms with E-state index in [-0.39, 0.29) is 18.9 Å². The Morgan fingerprint density at radius 3 is 2.47 bits per heavy atom. The van der Waals surface area contributed by atoms with Crippen LogP contribution in [0.15, 0.2) is 0 Å². The molecule has 0 radical (unpaired) electrons. The highest BCUT2D eigenvalue weighted by molar-refractivity contribution is 7.87. The molecule has 1 aliphatic rings. The molecule has 0 aromatic carbocycles. The van der Waals surface area contributed by atoms with Gasteiger partial charge in [0.2, 0.25) is 5.91 Å². The lowest BCUT2D eigenvalue weighted by atomic mass is 10.1. The molecule has 1 amide bonds. The van der Waals surface area contributed by atoms with Crippen LogP contribution < -0.4 is 0 Å². The van der Waals surface area contributed by atoms with Crippen molar-refractivity contribution in [3.05, 3.63) is 0 Å². The summed E-state index contributed by atoms with van der Waals surface area (Å²) in [6, 6.07) is 0. The third-order valence-electron chi connectivity index (χ3n) is 3.11. The number of hydrogen-bond donors (Lipinski definition) is 0. The second kappa shape index (κ2) is 6.33. The Kier molecular flexibility index (Phi) is 5.36. The molecule has 1 aliphatic heterocycles. The van der Waals surface area contributed by atoms with Gasteiger partial charge >= 0.3 is 10.2 Å². The van der Waals surface area contributed by atoms with Crippen molar-refractivity contribution in [3.63, 3.8) is 0 Å². The standard InChI is InChI=1S/C11H20FNO3S/c1-2-3-4-5-6-7-13-9-10(8-11(13)14)17(12,15)16/h10H,2-9H2,1H3. The number of halogens is 1. The molecule has 100 valence electrons. The molecule has 0 aliphatic carbocycles. The number of nitrogens with zero attached hydrogens (tertiary/aromatic N) is 1. The molecule has 0 spiro atoms. The molecule has 4 nitrogen and oxygen atoms in total. The van der Waals surface area contributed by atoms with Gasteiger partial charge in [0.15, 0.2) is 0 Å². The molecule has 1 atom stereocenters. The zero-order valence-corrected chi connectivity index (χ0v) is 11.0. The van der Waals surface area contributed by atoms with Crippen molar-refractivity contribution in [2.45, 2.75) is 50.7 Å². The van der Waals surface area contributed by atoms with Crippen LogP contribution in [0.4, 0.5) is 3.89 Å². The number of amides is 1. The van der Waals surface area contributed by atoms with E-state index in [2.05, 4.69) is 6.92 Å². The SMILES string of the molecule is CCCCCCCN1CC(S(=O)(=O)F)CC1=O. The number of carbonyl (C=O) groups excluding carboxylic acids is 1. The van der Waals surface area contributed by atoms with E-state index in [9.17, 15) is 17.1 Å². The fourth-order valence-electron chi connectivity index (χ4n) is 2.05. The minimum Gasteiger partial charge on any atom is -0.341 e. The van der Waals surface area contributed by atoms with Crippen LogP contribution in [0.1, 0.15) is 45.4 Å². The third kappa shape index (κ3) is 4.61. The third-order valence-corrected chi connectivity index (χ3v) is 4.22. The van der Waals surface area contributed by atoms with Gasteiger partial charge < -0.3 is 4.90 Å². The van der Waals surface area contributed by atoms with Crippen LogP contribution in [0.5, 0.6) is 0 Å². The van der Waals surface area contributed by atoms with Gasteiger partial charge in [0.05, 0.1) is 0 Å². The Morgan fingerprint density at radius 1 is 1.29 bits per heavy atom. The van der Waals surface area contributed by atoms with E-state index in [1.165, 1.54) is 11.3 Å². The Bertz CT molecular complexity index is 356. The van der Waals surface area contributed by atoms with Gasteiger partial charge in [-0.25, -0.2) is 0 Å². The maximum absolute atomic E-state index is 12.7. The summed E-state index contributed by atoms with van der Waals surface area (Å²) in [5.74, 6) is -0.244. The summed E-state index contributed by atoms with van der Waals surface area (Å²) in [5, 5.41) is -1.15. The highest BCUT2D eigenvalue weighted by atomic mass is 32.3. The van der Waals surface area contributed by atoms with E-state index in [0.29, 0.717) is 6.54 Å². The van der Waals surface area contributed by atoms with Crippen molar-refractivity contribution < 1.29 is 17.1 Å². The maximum atomic E-state index is 12.7. The molecule has 1 rings (SSSR count). The van der Waals surface area contributed by atoms with E-state index in [1.807, 2.05) is 0 Å². The summed E-state index contributed by atoms with van der Waals surface area (Å²) in [6.07, 6.45) is 5.16. The summed E-state index contributed by atoms with van der Waals surface area (Å²) in [5.41, 5.74) is 0. The second-order valence-corrected chi connectivity index (χ2v) is 6.17. The van der Waals surface area contributed by atoms with Crippen LogP contribution in [-0.4, -0.2) is 37.6 Å². The molecule has 0 aromatic heterocycles. The molecule has 1 saturated heterocycles. The zero-order chi connectivity index (χ0) is 12.9. The molecular formula is C11H20FNO3S. The predicted molar refractivity (Wildman–Crippen MR) is 63.8 cm³/mol. The van der Waals surface area contributed by atoms with Crippen LogP contribution in [0.25, 0.3) is 0 Å². The normalized spacial score (nSPS) is 21.2. The lowest BCUT2D eigenvalue weighted by Gasteiger charge is -2.15. The summed E-state index contributed by atoms with van der Waals surface area (Å²) < 4.78 is 34.1. The first kappa shape index (κ1) is 14.4.